The van der Waals surface area contributed by atoms with Crippen LogP contribution < -0.4 is 5.32 Å². The molecule has 0 amide bonds. The molecule has 5 nitrogen and oxygen atoms in total. The van der Waals surface area contributed by atoms with E-state index >= 15 is 0 Å². The van der Waals surface area contributed by atoms with Gasteiger partial charge in [-0.2, -0.15) is 0 Å². The van der Waals surface area contributed by atoms with Gasteiger partial charge in [0.2, 0.25) is 0 Å². The van der Waals surface area contributed by atoms with Crippen LogP contribution >= 0.6 is 24.0 Å². The van der Waals surface area contributed by atoms with Gasteiger partial charge in [-0.05, 0) is 51.6 Å². The summed E-state index contributed by atoms with van der Waals surface area (Å²) in [6.45, 7) is 5.94. The van der Waals surface area contributed by atoms with E-state index in [0.29, 0.717) is 19.2 Å². The smallest absolute Gasteiger partial charge is 0.193 e. The Labute approximate surface area is 174 Å². The minimum absolute atomic E-state index is 0. The number of rotatable bonds is 6. The number of likely N-dealkylation sites (tertiary alicyclic amines) is 1. The first kappa shape index (κ1) is 23.1. The van der Waals surface area contributed by atoms with Crippen molar-refractivity contribution in [3.05, 3.63) is 35.1 Å². The van der Waals surface area contributed by atoms with Crippen molar-refractivity contribution < 1.29 is 9.13 Å². The van der Waals surface area contributed by atoms with Gasteiger partial charge in [-0.25, -0.2) is 4.39 Å². The Kier molecular flexibility index (Phi) is 10.4. The lowest BCUT2D eigenvalue weighted by Crippen LogP contribution is -2.46. The van der Waals surface area contributed by atoms with Crippen molar-refractivity contribution in [1.29, 1.82) is 0 Å². The molecule has 1 aliphatic rings. The number of ether oxygens (including phenoxy) is 1. The molecule has 1 aromatic rings. The molecule has 0 bridgehead atoms. The zero-order chi connectivity index (χ0) is 18.2. The van der Waals surface area contributed by atoms with Crippen LogP contribution in [0.2, 0.25) is 0 Å². The van der Waals surface area contributed by atoms with Crippen molar-refractivity contribution in [2.75, 3.05) is 40.8 Å². The molecule has 1 N–H and O–H groups in total. The van der Waals surface area contributed by atoms with E-state index in [2.05, 4.69) is 15.2 Å². The van der Waals surface area contributed by atoms with E-state index in [0.717, 1.165) is 49.6 Å². The summed E-state index contributed by atoms with van der Waals surface area (Å²) in [7, 11) is 5.69. The minimum Gasteiger partial charge on any atom is -0.378 e. The summed E-state index contributed by atoms with van der Waals surface area (Å²) < 4.78 is 19.6. The number of hydrogen-bond acceptors (Lipinski definition) is 3. The van der Waals surface area contributed by atoms with Gasteiger partial charge in [0.1, 0.15) is 5.82 Å². The molecule has 0 aromatic heterocycles. The SMILES string of the molecule is CCOC1CCN(C(=NC)NCc2ccc(F)c(CN(C)C)c2)CC1.I. The summed E-state index contributed by atoms with van der Waals surface area (Å²) in [6.07, 6.45) is 2.42. The van der Waals surface area contributed by atoms with Crippen LogP contribution in [0.1, 0.15) is 30.9 Å². The second kappa shape index (κ2) is 11.7. The molecule has 1 aliphatic heterocycles. The first-order valence-electron chi connectivity index (χ1n) is 9.02. The summed E-state index contributed by atoms with van der Waals surface area (Å²) in [4.78, 5) is 8.63. The fourth-order valence-electron chi connectivity index (χ4n) is 3.18. The van der Waals surface area contributed by atoms with Gasteiger partial charge in [-0.3, -0.25) is 4.99 Å². The average molecular weight is 478 g/mol. The Bertz CT molecular complexity index is 575. The molecule has 2 rings (SSSR count). The van der Waals surface area contributed by atoms with Gasteiger partial charge in [-0.1, -0.05) is 6.07 Å². The maximum absolute atomic E-state index is 13.9. The lowest BCUT2D eigenvalue weighted by Gasteiger charge is -2.34. The standard InChI is InChI=1S/C19H31FN4O.HI/c1-5-25-17-8-10-24(11-9-17)19(21-2)22-13-15-6-7-18(20)16(12-15)14-23(3)4;/h6-7,12,17H,5,8-11,13-14H2,1-4H3,(H,21,22);1H. The molecule has 1 saturated heterocycles. The molecule has 0 atom stereocenters. The number of hydrogen-bond donors (Lipinski definition) is 1. The van der Waals surface area contributed by atoms with Crippen molar-refractivity contribution in [3.63, 3.8) is 0 Å². The Hall–Kier alpha value is -0.930. The maximum Gasteiger partial charge on any atom is 0.193 e. The van der Waals surface area contributed by atoms with Crippen molar-refractivity contribution in [1.82, 2.24) is 15.1 Å². The largest absolute Gasteiger partial charge is 0.378 e. The third-order valence-corrected chi connectivity index (χ3v) is 4.40. The highest BCUT2D eigenvalue weighted by molar-refractivity contribution is 14.0. The molecule has 0 radical (unpaired) electrons. The predicted molar refractivity (Wildman–Crippen MR) is 116 cm³/mol. The van der Waals surface area contributed by atoms with Crippen LogP contribution in [0.5, 0.6) is 0 Å². The van der Waals surface area contributed by atoms with Gasteiger partial charge in [0.25, 0.3) is 0 Å². The summed E-state index contributed by atoms with van der Waals surface area (Å²) in [6, 6.07) is 5.30. The number of nitrogens with one attached hydrogen (secondary N) is 1. The van der Waals surface area contributed by atoms with E-state index in [9.17, 15) is 4.39 Å². The Morgan fingerprint density at radius 2 is 2.04 bits per heavy atom. The Morgan fingerprint density at radius 3 is 2.62 bits per heavy atom. The number of benzene rings is 1. The number of aliphatic imine (C=N–C) groups is 1. The van der Waals surface area contributed by atoms with E-state index in [1.165, 1.54) is 0 Å². The highest BCUT2D eigenvalue weighted by atomic mass is 127. The highest BCUT2D eigenvalue weighted by Gasteiger charge is 2.21. The zero-order valence-electron chi connectivity index (χ0n) is 16.3. The second-order valence-corrected chi connectivity index (χ2v) is 6.71. The normalized spacial score (nSPS) is 15.9. The van der Waals surface area contributed by atoms with Gasteiger partial charge in [0, 0.05) is 45.4 Å². The van der Waals surface area contributed by atoms with Gasteiger partial charge in [0.15, 0.2) is 5.96 Å². The summed E-state index contributed by atoms with van der Waals surface area (Å²) in [5.74, 6) is 0.744. The van der Waals surface area contributed by atoms with Crippen LogP contribution in [-0.2, 0) is 17.8 Å². The van der Waals surface area contributed by atoms with Crippen LogP contribution in [0.25, 0.3) is 0 Å². The quantitative estimate of drug-likeness (QED) is 0.388. The molecule has 26 heavy (non-hydrogen) atoms. The number of guanidine groups is 1. The van der Waals surface area contributed by atoms with E-state index in [4.69, 9.17) is 4.74 Å². The van der Waals surface area contributed by atoms with Crippen LogP contribution in [-0.4, -0.2) is 62.7 Å². The lowest BCUT2D eigenvalue weighted by atomic mass is 10.1. The fraction of sp³-hybridized carbons (Fsp3) is 0.632. The molecule has 0 aliphatic carbocycles. The van der Waals surface area contributed by atoms with E-state index in [-0.39, 0.29) is 29.8 Å². The van der Waals surface area contributed by atoms with Crippen molar-refractivity contribution in [3.8, 4) is 0 Å². The van der Waals surface area contributed by atoms with Gasteiger partial charge in [-0.15, -0.1) is 24.0 Å². The Morgan fingerprint density at radius 1 is 1.35 bits per heavy atom. The topological polar surface area (TPSA) is 40.1 Å². The third kappa shape index (κ3) is 7.00. The molecule has 148 valence electrons. The lowest BCUT2D eigenvalue weighted by molar-refractivity contribution is 0.0263. The molecular weight excluding hydrogens is 446 g/mol. The van der Waals surface area contributed by atoms with Crippen LogP contribution in [0.4, 0.5) is 4.39 Å². The Balaban J connectivity index is 0.00000338. The molecule has 0 unspecified atom stereocenters. The first-order valence-corrected chi connectivity index (χ1v) is 9.02. The number of nitrogens with zero attached hydrogens (tertiary/aromatic N) is 3. The van der Waals surface area contributed by atoms with Gasteiger partial charge >= 0.3 is 0 Å². The van der Waals surface area contributed by atoms with Crippen molar-refractivity contribution >= 4 is 29.9 Å². The molecule has 1 aromatic carbocycles. The van der Waals surface area contributed by atoms with Crippen molar-refractivity contribution in [2.24, 2.45) is 4.99 Å². The summed E-state index contributed by atoms with van der Waals surface area (Å²) in [5, 5.41) is 3.40. The molecule has 7 heteroatoms. The third-order valence-electron chi connectivity index (χ3n) is 4.40. The van der Waals surface area contributed by atoms with Crippen molar-refractivity contribution in [2.45, 2.75) is 39.0 Å². The maximum atomic E-state index is 13.9. The van der Waals surface area contributed by atoms with E-state index in [1.807, 2.05) is 38.1 Å². The molecule has 1 fully saturated rings. The molecule has 0 spiro atoms. The number of piperidine rings is 1. The van der Waals surface area contributed by atoms with Crippen LogP contribution in [0.15, 0.2) is 23.2 Å². The minimum atomic E-state index is -0.153. The van der Waals surface area contributed by atoms with Crippen LogP contribution in [0.3, 0.4) is 0 Å². The van der Waals surface area contributed by atoms with Gasteiger partial charge < -0.3 is 19.9 Å². The molecular formula is C19H32FIN4O. The van der Waals surface area contributed by atoms with Gasteiger partial charge in [0.05, 0.1) is 6.10 Å². The van der Waals surface area contributed by atoms with E-state index in [1.54, 1.807) is 13.1 Å². The fourth-order valence-corrected chi connectivity index (χ4v) is 3.18. The summed E-state index contributed by atoms with van der Waals surface area (Å²) in [5.41, 5.74) is 1.78. The molecule has 1 heterocycles. The zero-order valence-corrected chi connectivity index (χ0v) is 18.6. The van der Waals surface area contributed by atoms with Crippen LogP contribution in [0, 0.1) is 5.82 Å². The first-order chi connectivity index (χ1) is 12.0. The second-order valence-electron chi connectivity index (χ2n) is 6.71. The predicted octanol–water partition coefficient (Wildman–Crippen LogP) is 3.08. The monoisotopic (exact) mass is 478 g/mol. The number of halogens is 2. The highest BCUT2D eigenvalue weighted by Crippen LogP contribution is 2.15. The van der Waals surface area contributed by atoms with E-state index < -0.39 is 0 Å². The molecule has 0 saturated carbocycles. The summed E-state index contributed by atoms with van der Waals surface area (Å²) >= 11 is 0. The average Bonchev–Trinajstić information content (AvgIpc) is 2.59.